The van der Waals surface area contributed by atoms with Gasteiger partial charge in [-0.25, -0.2) is 0 Å². The number of carbonyl (C=O) groups is 1. The van der Waals surface area contributed by atoms with E-state index >= 15 is 0 Å². The summed E-state index contributed by atoms with van der Waals surface area (Å²) in [5.74, 6) is -0.310. The molecule has 0 aliphatic carbocycles. The Morgan fingerprint density at radius 3 is 2.19 bits per heavy atom. The van der Waals surface area contributed by atoms with Crippen LogP contribution in [0.15, 0.2) is 84.9 Å². The molecule has 0 heterocycles. The van der Waals surface area contributed by atoms with Crippen molar-refractivity contribution in [2.45, 2.75) is 18.6 Å². The fourth-order valence-electron chi connectivity index (χ4n) is 3.11. The summed E-state index contributed by atoms with van der Waals surface area (Å²) in [6.07, 6.45) is -0.633. The lowest BCUT2D eigenvalue weighted by Gasteiger charge is -2.28. The summed E-state index contributed by atoms with van der Waals surface area (Å²) in [6, 6.07) is 26.4. The number of aliphatic hydroxyl groups excluding tert-OH is 1. The van der Waals surface area contributed by atoms with Gasteiger partial charge in [0.15, 0.2) is 0 Å². The lowest BCUT2D eigenvalue weighted by atomic mass is 9.91. The molecule has 0 aliphatic rings. The van der Waals surface area contributed by atoms with E-state index in [0.717, 1.165) is 22.4 Å². The molecule has 0 spiro atoms. The molecule has 3 aromatic rings. The van der Waals surface area contributed by atoms with Gasteiger partial charge in [-0.1, -0.05) is 72.8 Å². The van der Waals surface area contributed by atoms with E-state index in [0.29, 0.717) is 0 Å². The van der Waals surface area contributed by atoms with Crippen molar-refractivity contribution in [2.24, 2.45) is 0 Å². The van der Waals surface area contributed by atoms with Crippen molar-refractivity contribution in [3.63, 3.8) is 0 Å². The van der Waals surface area contributed by atoms with Gasteiger partial charge in [0.25, 0.3) is 0 Å². The van der Waals surface area contributed by atoms with Crippen LogP contribution in [0.5, 0.6) is 0 Å². The summed E-state index contributed by atoms with van der Waals surface area (Å²) >= 11 is 0. The molecule has 0 aliphatic heterocycles. The van der Waals surface area contributed by atoms with E-state index in [4.69, 9.17) is 4.74 Å². The zero-order valence-corrected chi connectivity index (χ0v) is 15.2. The SMILES string of the molecule is COC(=O)Cc1ccccc1C(Nc1ccccc1)C(O)c1ccccc1. The van der Waals surface area contributed by atoms with Gasteiger partial charge < -0.3 is 15.2 Å². The van der Waals surface area contributed by atoms with E-state index in [1.165, 1.54) is 7.11 Å². The summed E-state index contributed by atoms with van der Waals surface area (Å²) in [5, 5.41) is 14.6. The van der Waals surface area contributed by atoms with Crippen LogP contribution in [0.1, 0.15) is 28.8 Å². The average Bonchev–Trinajstić information content (AvgIpc) is 2.73. The molecule has 0 bridgehead atoms. The summed E-state index contributed by atoms with van der Waals surface area (Å²) in [5.41, 5.74) is 3.39. The Bertz CT molecular complexity index is 865. The minimum Gasteiger partial charge on any atom is -0.469 e. The van der Waals surface area contributed by atoms with Gasteiger partial charge in [0.2, 0.25) is 0 Å². The monoisotopic (exact) mass is 361 g/mol. The minimum atomic E-state index is -0.787. The molecule has 3 aromatic carbocycles. The van der Waals surface area contributed by atoms with E-state index in [9.17, 15) is 9.90 Å². The van der Waals surface area contributed by atoms with Gasteiger partial charge >= 0.3 is 5.97 Å². The highest BCUT2D eigenvalue weighted by Gasteiger charge is 2.25. The van der Waals surface area contributed by atoms with Crippen molar-refractivity contribution in [3.05, 3.63) is 102 Å². The van der Waals surface area contributed by atoms with Gasteiger partial charge in [0.1, 0.15) is 6.10 Å². The number of anilines is 1. The van der Waals surface area contributed by atoms with E-state index in [-0.39, 0.29) is 12.4 Å². The molecule has 0 fully saturated rings. The molecule has 0 saturated heterocycles. The normalized spacial score (nSPS) is 12.8. The van der Waals surface area contributed by atoms with Crippen LogP contribution < -0.4 is 5.32 Å². The summed E-state index contributed by atoms with van der Waals surface area (Å²) in [7, 11) is 1.38. The Morgan fingerprint density at radius 2 is 1.52 bits per heavy atom. The summed E-state index contributed by atoms with van der Waals surface area (Å²) < 4.78 is 4.83. The van der Waals surface area contributed by atoms with E-state index in [1.807, 2.05) is 84.9 Å². The molecular formula is C23H23NO3. The molecule has 27 heavy (non-hydrogen) atoms. The molecule has 0 radical (unpaired) electrons. The van der Waals surface area contributed by atoms with E-state index in [2.05, 4.69) is 5.32 Å². The zero-order chi connectivity index (χ0) is 19.1. The standard InChI is InChI=1S/C23H23NO3/c1-27-21(25)16-18-12-8-9-15-20(18)22(24-19-13-6-3-7-14-19)23(26)17-10-4-2-5-11-17/h2-15,22-24,26H,16H2,1H3. The second kappa shape index (κ2) is 9.01. The van der Waals surface area contributed by atoms with Crippen LogP contribution in [0.25, 0.3) is 0 Å². The number of aliphatic hydroxyl groups is 1. The third kappa shape index (κ3) is 4.74. The lowest BCUT2D eigenvalue weighted by Crippen LogP contribution is -2.21. The molecule has 4 heteroatoms. The Morgan fingerprint density at radius 1 is 0.926 bits per heavy atom. The molecule has 2 atom stereocenters. The van der Waals surface area contributed by atoms with Crippen molar-refractivity contribution in [3.8, 4) is 0 Å². The quantitative estimate of drug-likeness (QED) is 0.617. The van der Waals surface area contributed by atoms with Crippen molar-refractivity contribution >= 4 is 11.7 Å². The second-order valence-electron chi connectivity index (χ2n) is 6.30. The van der Waals surface area contributed by atoms with Gasteiger partial charge in [0, 0.05) is 5.69 Å². The van der Waals surface area contributed by atoms with Crippen molar-refractivity contribution in [1.82, 2.24) is 0 Å². The fraction of sp³-hybridized carbons (Fsp3) is 0.174. The smallest absolute Gasteiger partial charge is 0.309 e. The van der Waals surface area contributed by atoms with Crippen LogP contribution in [0, 0.1) is 0 Å². The Balaban J connectivity index is 2.01. The number of methoxy groups -OCH3 is 1. The highest BCUT2D eigenvalue weighted by molar-refractivity contribution is 5.73. The largest absolute Gasteiger partial charge is 0.469 e. The van der Waals surface area contributed by atoms with Crippen LogP contribution in [-0.2, 0) is 16.0 Å². The number of benzene rings is 3. The first-order valence-electron chi connectivity index (χ1n) is 8.88. The molecule has 3 rings (SSSR count). The van der Waals surface area contributed by atoms with Crippen molar-refractivity contribution in [2.75, 3.05) is 12.4 Å². The number of para-hydroxylation sites is 1. The molecule has 0 saturated carbocycles. The maximum absolute atomic E-state index is 11.8. The van der Waals surface area contributed by atoms with Crippen molar-refractivity contribution < 1.29 is 14.6 Å². The predicted octanol–water partition coefficient (Wildman–Crippen LogP) is 4.29. The summed E-state index contributed by atoms with van der Waals surface area (Å²) in [4.78, 5) is 11.8. The second-order valence-corrected chi connectivity index (χ2v) is 6.30. The first-order chi connectivity index (χ1) is 13.2. The number of carbonyl (C=O) groups excluding carboxylic acids is 1. The van der Waals surface area contributed by atoms with Crippen LogP contribution in [0.3, 0.4) is 0 Å². The van der Waals surface area contributed by atoms with Crippen LogP contribution in [0.2, 0.25) is 0 Å². The molecule has 2 unspecified atom stereocenters. The van der Waals surface area contributed by atoms with Gasteiger partial charge in [-0.3, -0.25) is 4.79 Å². The van der Waals surface area contributed by atoms with Gasteiger partial charge in [-0.05, 0) is 28.8 Å². The zero-order valence-electron chi connectivity index (χ0n) is 15.2. The number of esters is 1. The number of nitrogens with one attached hydrogen (secondary N) is 1. The third-order valence-corrected chi connectivity index (χ3v) is 4.51. The number of ether oxygens (including phenoxy) is 1. The predicted molar refractivity (Wildman–Crippen MR) is 106 cm³/mol. The third-order valence-electron chi connectivity index (χ3n) is 4.51. The lowest BCUT2D eigenvalue weighted by molar-refractivity contribution is -0.139. The summed E-state index contributed by atoms with van der Waals surface area (Å²) in [6.45, 7) is 0. The van der Waals surface area contributed by atoms with E-state index < -0.39 is 12.1 Å². The molecule has 0 amide bonds. The first kappa shape index (κ1) is 18.7. The van der Waals surface area contributed by atoms with Crippen LogP contribution in [0.4, 0.5) is 5.69 Å². The highest BCUT2D eigenvalue weighted by Crippen LogP contribution is 2.34. The van der Waals surface area contributed by atoms with Gasteiger partial charge in [-0.2, -0.15) is 0 Å². The van der Waals surface area contributed by atoms with Gasteiger partial charge in [0.05, 0.1) is 19.6 Å². The Hall–Kier alpha value is -3.11. The minimum absolute atomic E-state index is 0.154. The molecular weight excluding hydrogens is 338 g/mol. The maximum atomic E-state index is 11.8. The maximum Gasteiger partial charge on any atom is 0.309 e. The molecule has 138 valence electrons. The molecule has 2 N–H and O–H groups in total. The number of hydrogen-bond donors (Lipinski definition) is 2. The average molecular weight is 361 g/mol. The Labute approximate surface area is 159 Å². The van der Waals surface area contributed by atoms with Gasteiger partial charge in [-0.15, -0.1) is 0 Å². The molecule has 0 aromatic heterocycles. The van der Waals surface area contributed by atoms with E-state index in [1.54, 1.807) is 0 Å². The Kier molecular flexibility index (Phi) is 6.23. The number of hydrogen-bond acceptors (Lipinski definition) is 4. The highest BCUT2D eigenvalue weighted by atomic mass is 16.5. The van der Waals surface area contributed by atoms with Crippen molar-refractivity contribution in [1.29, 1.82) is 0 Å². The molecule has 4 nitrogen and oxygen atoms in total. The van der Waals surface area contributed by atoms with Crippen LogP contribution in [-0.4, -0.2) is 18.2 Å². The number of rotatable bonds is 7. The first-order valence-corrected chi connectivity index (χ1v) is 8.88. The van der Waals surface area contributed by atoms with Crippen LogP contribution >= 0.6 is 0 Å². The fourth-order valence-corrected chi connectivity index (χ4v) is 3.11. The topological polar surface area (TPSA) is 58.6 Å².